The Morgan fingerprint density at radius 1 is 1.19 bits per heavy atom. The van der Waals surface area contributed by atoms with Crippen molar-refractivity contribution in [2.24, 2.45) is 11.3 Å². The molecule has 2 aliphatic rings. The van der Waals surface area contributed by atoms with Gasteiger partial charge in [-0.3, -0.25) is 0 Å². The van der Waals surface area contributed by atoms with Crippen LogP contribution < -0.4 is 10.1 Å². The predicted octanol–water partition coefficient (Wildman–Crippen LogP) is 3.34. The maximum absolute atomic E-state index is 12.7. The fourth-order valence-corrected chi connectivity index (χ4v) is 3.89. The lowest BCUT2D eigenvalue weighted by molar-refractivity contribution is -0.0415. The molecule has 0 bridgehead atoms. The van der Waals surface area contributed by atoms with E-state index in [1.165, 1.54) is 0 Å². The maximum Gasteiger partial charge on any atom is 0.321 e. The zero-order valence-corrected chi connectivity index (χ0v) is 15.1. The molecule has 0 saturated carbocycles. The first-order valence-electron chi connectivity index (χ1n) is 9.26. The van der Waals surface area contributed by atoms with Crippen LogP contribution >= 0.6 is 0 Å². The third-order valence-electron chi connectivity index (χ3n) is 5.56. The van der Waals surface area contributed by atoms with Crippen molar-refractivity contribution < 1.29 is 19.4 Å². The predicted molar refractivity (Wildman–Crippen MR) is 102 cm³/mol. The Hall–Kier alpha value is -2.57. The number of amides is 2. The summed E-state index contributed by atoms with van der Waals surface area (Å²) in [5.41, 5.74) is 0.493. The molecule has 142 valence electrons. The van der Waals surface area contributed by atoms with Crippen molar-refractivity contribution in [2.45, 2.75) is 6.42 Å². The lowest BCUT2D eigenvalue weighted by Gasteiger charge is -2.36. The number of benzene rings is 2. The summed E-state index contributed by atoms with van der Waals surface area (Å²) in [6.07, 6.45) is 0.795. The quantitative estimate of drug-likeness (QED) is 0.868. The summed E-state index contributed by atoms with van der Waals surface area (Å²) in [6.45, 7) is 2.53. The first-order valence-corrected chi connectivity index (χ1v) is 9.26. The van der Waals surface area contributed by atoms with Crippen LogP contribution in [0.5, 0.6) is 11.5 Å². The lowest BCUT2D eigenvalue weighted by atomic mass is 9.75. The highest BCUT2D eigenvalue weighted by molar-refractivity contribution is 5.89. The highest BCUT2D eigenvalue weighted by atomic mass is 16.5. The van der Waals surface area contributed by atoms with E-state index in [-0.39, 0.29) is 24.0 Å². The molecule has 2 saturated heterocycles. The number of carbonyl (C=O) groups is 1. The lowest BCUT2D eigenvalue weighted by Crippen LogP contribution is -2.41. The zero-order chi connectivity index (χ0) is 18.7. The third-order valence-corrected chi connectivity index (χ3v) is 5.56. The van der Waals surface area contributed by atoms with Gasteiger partial charge in [-0.25, -0.2) is 4.79 Å². The molecule has 2 amide bonds. The Balaban J connectivity index is 1.37. The van der Waals surface area contributed by atoms with E-state index in [0.29, 0.717) is 37.7 Å². The summed E-state index contributed by atoms with van der Waals surface area (Å²) in [7, 11) is 0. The number of urea groups is 1. The molecule has 2 fully saturated rings. The summed E-state index contributed by atoms with van der Waals surface area (Å²) in [5.74, 6) is 1.68. The van der Waals surface area contributed by atoms with Crippen molar-refractivity contribution in [3.05, 3.63) is 54.6 Å². The number of fused-ring (bicyclic) bond motifs is 1. The van der Waals surface area contributed by atoms with Gasteiger partial charge in [-0.2, -0.15) is 0 Å². The molecule has 2 aromatic carbocycles. The zero-order valence-electron chi connectivity index (χ0n) is 15.1. The van der Waals surface area contributed by atoms with Gasteiger partial charge in [0.25, 0.3) is 0 Å². The summed E-state index contributed by atoms with van der Waals surface area (Å²) in [5, 5.41) is 12.8. The first kappa shape index (κ1) is 17.8. The monoisotopic (exact) mass is 368 g/mol. The van der Waals surface area contributed by atoms with E-state index < -0.39 is 0 Å². The Kier molecular flexibility index (Phi) is 5.01. The molecule has 2 N–H and O–H groups in total. The molecule has 0 spiro atoms. The smallest absolute Gasteiger partial charge is 0.321 e. The van der Waals surface area contributed by atoms with Gasteiger partial charge in [0.1, 0.15) is 11.5 Å². The number of hydrogen-bond acceptors (Lipinski definition) is 4. The molecule has 2 aromatic rings. The molecule has 2 unspecified atom stereocenters. The van der Waals surface area contributed by atoms with E-state index >= 15 is 0 Å². The van der Waals surface area contributed by atoms with Gasteiger partial charge in [0, 0.05) is 36.7 Å². The number of para-hydroxylation sites is 1. The molecule has 2 aliphatic heterocycles. The van der Waals surface area contributed by atoms with Crippen molar-refractivity contribution >= 4 is 11.7 Å². The molecular weight excluding hydrogens is 344 g/mol. The van der Waals surface area contributed by atoms with Crippen LogP contribution in [0.25, 0.3) is 0 Å². The second-order valence-electron chi connectivity index (χ2n) is 7.29. The molecule has 6 heteroatoms. The maximum atomic E-state index is 12.7. The van der Waals surface area contributed by atoms with E-state index in [1.807, 2.05) is 54.6 Å². The van der Waals surface area contributed by atoms with Gasteiger partial charge in [-0.05, 0) is 42.8 Å². The first-order chi connectivity index (χ1) is 13.2. The summed E-state index contributed by atoms with van der Waals surface area (Å²) in [4.78, 5) is 14.4. The molecule has 6 nitrogen and oxygen atoms in total. The number of anilines is 1. The van der Waals surface area contributed by atoms with Crippen molar-refractivity contribution in [1.29, 1.82) is 0 Å². The molecule has 27 heavy (non-hydrogen) atoms. The van der Waals surface area contributed by atoms with Crippen molar-refractivity contribution in [2.75, 3.05) is 38.2 Å². The van der Waals surface area contributed by atoms with Gasteiger partial charge < -0.3 is 24.8 Å². The topological polar surface area (TPSA) is 71.0 Å². The van der Waals surface area contributed by atoms with Crippen LogP contribution in [0, 0.1) is 11.3 Å². The van der Waals surface area contributed by atoms with Crippen LogP contribution in [0.3, 0.4) is 0 Å². The highest BCUT2D eigenvalue weighted by Gasteiger charge is 2.49. The number of nitrogens with zero attached hydrogens (tertiary/aromatic N) is 1. The summed E-state index contributed by atoms with van der Waals surface area (Å²) < 4.78 is 11.3. The van der Waals surface area contributed by atoms with Crippen LogP contribution in [-0.4, -0.2) is 48.9 Å². The molecule has 0 aliphatic carbocycles. The Morgan fingerprint density at radius 3 is 2.63 bits per heavy atom. The third kappa shape index (κ3) is 3.77. The van der Waals surface area contributed by atoms with E-state index in [1.54, 1.807) is 4.90 Å². The average molecular weight is 368 g/mol. The van der Waals surface area contributed by atoms with Gasteiger partial charge >= 0.3 is 6.03 Å². The van der Waals surface area contributed by atoms with E-state index in [2.05, 4.69) is 5.32 Å². The number of nitrogens with one attached hydrogen (secondary N) is 1. The Morgan fingerprint density at radius 2 is 1.93 bits per heavy atom. The van der Waals surface area contributed by atoms with Crippen molar-refractivity contribution in [3.8, 4) is 11.5 Å². The van der Waals surface area contributed by atoms with Crippen LogP contribution in [0.1, 0.15) is 6.42 Å². The molecule has 0 radical (unpaired) electrons. The standard InChI is InChI=1S/C21H24N2O4/c24-15-21-10-11-26-13-16(21)12-23(14-21)20(25)22-17-6-8-19(9-7-17)27-18-4-2-1-3-5-18/h1-9,16,24H,10-15H2,(H,22,25). The number of hydrogen-bond donors (Lipinski definition) is 2. The molecule has 2 heterocycles. The summed E-state index contributed by atoms with van der Waals surface area (Å²) >= 11 is 0. The van der Waals surface area contributed by atoms with Crippen molar-refractivity contribution in [3.63, 3.8) is 0 Å². The number of ether oxygens (including phenoxy) is 2. The average Bonchev–Trinajstić information content (AvgIpc) is 3.11. The number of carbonyl (C=O) groups excluding carboxylic acids is 1. The number of likely N-dealkylation sites (tertiary alicyclic amines) is 1. The SMILES string of the molecule is O=C(Nc1ccc(Oc2ccccc2)cc1)N1CC2COCCC2(CO)C1. The van der Waals surface area contributed by atoms with E-state index in [9.17, 15) is 9.90 Å². The molecule has 2 atom stereocenters. The minimum atomic E-state index is -0.219. The summed E-state index contributed by atoms with van der Waals surface area (Å²) in [6, 6.07) is 16.7. The van der Waals surface area contributed by atoms with Gasteiger partial charge in [0.05, 0.1) is 13.2 Å². The van der Waals surface area contributed by atoms with Crippen LogP contribution in [-0.2, 0) is 4.74 Å². The largest absolute Gasteiger partial charge is 0.457 e. The number of aliphatic hydroxyl groups is 1. The minimum Gasteiger partial charge on any atom is -0.457 e. The van der Waals surface area contributed by atoms with Gasteiger partial charge in [0.15, 0.2) is 0 Å². The van der Waals surface area contributed by atoms with E-state index in [4.69, 9.17) is 9.47 Å². The second kappa shape index (κ2) is 7.58. The van der Waals surface area contributed by atoms with Crippen molar-refractivity contribution in [1.82, 2.24) is 4.90 Å². The fourth-order valence-electron chi connectivity index (χ4n) is 3.89. The fraction of sp³-hybridized carbons (Fsp3) is 0.381. The van der Waals surface area contributed by atoms with Gasteiger partial charge in [-0.1, -0.05) is 18.2 Å². The van der Waals surface area contributed by atoms with Crippen LogP contribution in [0.2, 0.25) is 0 Å². The molecule has 0 aromatic heterocycles. The molecular formula is C21H24N2O4. The van der Waals surface area contributed by atoms with Gasteiger partial charge in [-0.15, -0.1) is 0 Å². The normalized spacial score (nSPS) is 24.3. The van der Waals surface area contributed by atoms with Gasteiger partial charge in [0.2, 0.25) is 0 Å². The second-order valence-corrected chi connectivity index (χ2v) is 7.29. The highest BCUT2D eigenvalue weighted by Crippen LogP contribution is 2.41. The Labute approximate surface area is 158 Å². The Bertz CT molecular complexity index is 781. The minimum absolute atomic E-state index is 0.0936. The molecule has 4 rings (SSSR count). The number of rotatable bonds is 4. The van der Waals surface area contributed by atoms with E-state index in [0.717, 1.165) is 12.2 Å². The number of aliphatic hydroxyl groups excluding tert-OH is 1. The van der Waals surface area contributed by atoms with Crippen LogP contribution in [0.4, 0.5) is 10.5 Å². The van der Waals surface area contributed by atoms with Crippen LogP contribution in [0.15, 0.2) is 54.6 Å².